The van der Waals surface area contributed by atoms with Gasteiger partial charge in [0.15, 0.2) is 0 Å². The summed E-state index contributed by atoms with van der Waals surface area (Å²) in [6.45, 7) is 5.27. The van der Waals surface area contributed by atoms with E-state index in [0.717, 1.165) is 38.3 Å². The van der Waals surface area contributed by atoms with Gasteiger partial charge in [0.05, 0.1) is 5.56 Å². The lowest BCUT2D eigenvalue weighted by molar-refractivity contribution is -0.137. The molecule has 0 radical (unpaired) electrons. The first-order chi connectivity index (χ1) is 10.0. The maximum absolute atomic E-state index is 12.5. The number of hydrogen-bond acceptors (Lipinski definition) is 3. The molecule has 0 spiro atoms. The van der Waals surface area contributed by atoms with Crippen molar-refractivity contribution in [3.63, 3.8) is 0 Å². The molecular weight excluding hydrogens is 279 g/mol. The smallest absolute Gasteiger partial charge is 0.356 e. The predicted molar refractivity (Wildman–Crippen MR) is 75.2 cm³/mol. The van der Waals surface area contributed by atoms with Gasteiger partial charge in [0.2, 0.25) is 0 Å². The SMILES string of the molecule is FC(F)(F)c1ccc(N2CC[C@@H](CN3CCCC3)C2)nc1. The molecule has 1 aromatic rings. The molecule has 3 nitrogen and oxygen atoms in total. The van der Waals surface area contributed by atoms with Crippen molar-refractivity contribution in [2.75, 3.05) is 37.6 Å². The van der Waals surface area contributed by atoms with E-state index in [2.05, 4.69) is 14.8 Å². The van der Waals surface area contributed by atoms with Crippen LogP contribution in [0, 0.1) is 5.92 Å². The summed E-state index contributed by atoms with van der Waals surface area (Å²) >= 11 is 0. The van der Waals surface area contributed by atoms with Gasteiger partial charge in [0, 0.05) is 25.8 Å². The summed E-state index contributed by atoms with van der Waals surface area (Å²) in [5.41, 5.74) is -0.681. The van der Waals surface area contributed by atoms with Gasteiger partial charge in [-0.3, -0.25) is 0 Å². The largest absolute Gasteiger partial charge is 0.417 e. The van der Waals surface area contributed by atoms with Crippen LogP contribution < -0.4 is 4.90 Å². The standard InChI is InChI=1S/C15H20F3N3/c16-15(17,18)13-3-4-14(19-9-13)21-8-5-12(11-21)10-20-6-1-2-7-20/h3-4,9,12H,1-2,5-8,10-11H2/t12-/m0/s1. The maximum Gasteiger partial charge on any atom is 0.417 e. The molecule has 3 heterocycles. The Morgan fingerprint density at radius 1 is 1.14 bits per heavy atom. The normalized spacial score (nSPS) is 24.0. The van der Waals surface area contributed by atoms with E-state index in [4.69, 9.17) is 0 Å². The summed E-state index contributed by atoms with van der Waals surface area (Å²) in [5.74, 6) is 1.26. The number of halogens is 3. The van der Waals surface area contributed by atoms with Crippen LogP contribution >= 0.6 is 0 Å². The molecule has 6 heteroatoms. The monoisotopic (exact) mass is 299 g/mol. The van der Waals surface area contributed by atoms with Crippen molar-refractivity contribution < 1.29 is 13.2 Å². The van der Waals surface area contributed by atoms with Crippen molar-refractivity contribution in [1.29, 1.82) is 0 Å². The summed E-state index contributed by atoms with van der Waals surface area (Å²) < 4.78 is 37.6. The lowest BCUT2D eigenvalue weighted by atomic mass is 10.1. The second kappa shape index (κ2) is 5.83. The highest BCUT2D eigenvalue weighted by Crippen LogP contribution is 2.30. The van der Waals surface area contributed by atoms with E-state index in [1.54, 1.807) is 0 Å². The Balaban J connectivity index is 1.58. The molecule has 0 unspecified atom stereocenters. The van der Waals surface area contributed by atoms with Gasteiger partial charge >= 0.3 is 6.18 Å². The molecule has 0 aliphatic carbocycles. The molecule has 3 rings (SSSR count). The first-order valence-electron chi connectivity index (χ1n) is 7.53. The van der Waals surface area contributed by atoms with Crippen LogP contribution in [-0.4, -0.2) is 42.6 Å². The van der Waals surface area contributed by atoms with Gasteiger partial charge in [-0.2, -0.15) is 13.2 Å². The third kappa shape index (κ3) is 3.48. The Labute approximate surface area is 122 Å². The molecule has 0 N–H and O–H groups in total. The summed E-state index contributed by atoms with van der Waals surface area (Å²) in [4.78, 5) is 8.58. The van der Waals surface area contributed by atoms with Crippen molar-refractivity contribution >= 4 is 5.82 Å². The molecule has 0 aromatic carbocycles. The Bertz CT molecular complexity index is 466. The molecule has 0 amide bonds. The molecule has 1 atom stereocenters. The third-order valence-electron chi connectivity index (χ3n) is 4.40. The van der Waals surface area contributed by atoms with E-state index in [0.29, 0.717) is 11.7 Å². The van der Waals surface area contributed by atoms with Crippen molar-refractivity contribution in [3.8, 4) is 0 Å². The lowest BCUT2D eigenvalue weighted by Crippen LogP contribution is -2.29. The summed E-state index contributed by atoms with van der Waals surface area (Å²) in [6.07, 6.45) is 0.297. The predicted octanol–water partition coefficient (Wildman–Crippen LogP) is 3.02. The maximum atomic E-state index is 12.5. The van der Waals surface area contributed by atoms with Crippen LogP contribution in [0.5, 0.6) is 0 Å². The van der Waals surface area contributed by atoms with Gasteiger partial charge < -0.3 is 9.80 Å². The lowest BCUT2D eigenvalue weighted by Gasteiger charge is -2.21. The molecule has 116 valence electrons. The molecular formula is C15H20F3N3. The van der Waals surface area contributed by atoms with Crippen LogP contribution in [0.2, 0.25) is 0 Å². The minimum absolute atomic E-state index is 0.604. The molecule has 0 saturated carbocycles. The van der Waals surface area contributed by atoms with Crippen LogP contribution in [-0.2, 0) is 6.18 Å². The first-order valence-corrected chi connectivity index (χ1v) is 7.53. The molecule has 2 aliphatic heterocycles. The van der Waals surface area contributed by atoms with Crippen LogP contribution in [0.4, 0.5) is 19.0 Å². The molecule has 2 fully saturated rings. The quantitative estimate of drug-likeness (QED) is 0.855. The zero-order valence-electron chi connectivity index (χ0n) is 11.9. The van der Waals surface area contributed by atoms with E-state index < -0.39 is 11.7 Å². The summed E-state index contributed by atoms with van der Waals surface area (Å²) in [7, 11) is 0. The minimum Gasteiger partial charge on any atom is -0.356 e. The Kier molecular flexibility index (Phi) is 4.06. The fourth-order valence-electron chi connectivity index (χ4n) is 3.26. The highest BCUT2D eigenvalue weighted by atomic mass is 19.4. The van der Waals surface area contributed by atoms with E-state index >= 15 is 0 Å². The topological polar surface area (TPSA) is 19.4 Å². The van der Waals surface area contributed by atoms with Crippen molar-refractivity contribution in [2.45, 2.75) is 25.4 Å². The molecule has 2 saturated heterocycles. The van der Waals surface area contributed by atoms with Gasteiger partial charge in [-0.25, -0.2) is 4.98 Å². The van der Waals surface area contributed by atoms with Gasteiger partial charge in [-0.05, 0) is 50.4 Å². The minimum atomic E-state index is -4.31. The summed E-state index contributed by atoms with van der Waals surface area (Å²) in [5, 5.41) is 0. The molecule has 2 aliphatic rings. The van der Waals surface area contributed by atoms with Crippen LogP contribution in [0.25, 0.3) is 0 Å². The number of likely N-dealkylation sites (tertiary alicyclic amines) is 1. The zero-order chi connectivity index (χ0) is 14.9. The average Bonchev–Trinajstić information content (AvgIpc) is 3.10. The second-order valence-corrected chi connectivity index (χ2v) is 6.01. The number of nitrogens with zero attached hydrogens (tertiary/aromatic N) is 3. The Hall–Kier alpha value is -1.30. The number of alkyl halides is 3. The van der Waals surface area contributed by atoms with E-state index in [-0.39, 0.29) is 0 Å². The van der Waals surface area contributed by atoms with Crippen LogP contribution in [0.15, 0.2) is 18.3 Å². The highest BCUT2D eigenvalue weighted by molar-refractivity contribution is 5.41. The first kappa shape index (κ1) is 14.6. The second-order valence-electron chi connectivity index (χ2n) is 6.01. The summed E-state index contributed by atoms with van der Waals surface area (Å²) in [6, 6.07) is 2.61. The number of pyridine rings is 1. The average molecular weight is 299 g/mol. The van der Waals surface area contributed by atoms with Crippen LogP contribution in [0.3, 0.4) is 0 Å². The van der Waals surface area contributed by atoms with Crippen molar-refractivity contribution in [2.24, 2.45) is 5.92 Å². The molecule has 21 heavy (non-hydrogen) atoms. The number of aromatic nitrogens is 1. The van der Waals surface area contributed by atoms with Gasteiger partial charge in [0.25, 0.3) is 0 Å². The zero-order valence-corrected chi connectivity index (χ0v) is 11.9. The van der Waals surface area contributed by atoms with Gasteiger partial charge in [-0.15, -0.1) is 0 Å². The van der Waals surface area contributed by atoms with E-state index in [1.165, 1.54) is 32.0 Å². The number of anilines is 1. The Morgan fingerprint density at radius 3 is 2.52 bits per heavy atom. The van der Waals surface area contributed by atoms with Gasteiger partial charge in [0.1, 0.15) is 5.82 Å². The fraction of sp³-hybridized carbons (Fsp3) is 0.667. The van der Waals surface area contributed by atoms with Crippen molar-refractivity contribution in [3.05, 3.63) is 23.9 Å². The third-order valence-corrected chi connectivity index (χ3v) is 4.40. The van der Waals surface area contributed by atoms with Crippen molar-refractivity contribution in [1.82, 2.24) is 9.88 Å². The van der Waals surface area contributed by atoms with E-state index in [1.807, 2.05) is 0 Å². The van der Waals surface area contributed by atoms with Gasteiger partial charge in [-0.1, -0.05) is 0 Å². The number of rotatable bonds is 3. The van der Waals surface area contributed by atoms with E-state index in [9.17, 15) is 13.2 Å². The Morgan fingerprint density at radius 2 is 1.90 bits per heavy atom. The molecule has 1 aromatic heterocycles. The highest BCUT2D eigenvalue weighted by Gasteiger charge is 2.31. The number of hydrogen-bond donors (Lipinski definition) is 0. The van der Waals surface area contributed by atoms with Crippen LogP contribution in [0.1, 0.15) is 24.8 Å². The fourth-order valence-corrected chi connectivity index (χ4v) is 3.26. The molecule has 0 bridgehead atoms.